The molecule has 172 valence electrons. The number of hydrogen-bond acceptors (Lipinski definition) is 6. The summed E-state index contributed by atoms with van der Waals surface area (Å²) < 4.78 is 34.9. The van der Waals surface area contributed by atoms with Crippen LogP contribution in [0.15, 0.2) is 56.6 Å². The third-order valence-corrected chi connectivity index (χ3v) is 7.26. The molecule has 0 bridgehead atoms. The van der Waals surface area contributed by atoms with Crippen molar-refractivity contribution < 1.29 is 17.6 Å². The van der Waals surface area contributed by atoms with Crippen LogP contribution in [0.3, 0.4) is 0 Å². The van der Waals surface area contributed by atoms with Gasteiger partial charge in [-0.05, 0) is 54.2 Å². The minimum absolute atomic E-state index is 0.0809. The molecule has 1 amide bonds. The lowest BCUT2D eigenvalue weighted by atomic mass is 10.0. The van der Waals surface area contributed by atoms with Gasteiger partial charge in [0.15, 0.2) is 5.58 Å². The molecule has 3 rings (SSSR count). The van der Waals surface area contributed by atoms with E-state index in [1.54, 1.807) is 12.1 Å². The first-order valence-corrected chi connectivity index (χ1v) is 13.0. The SMILES string of the molecule is CSCC[C@H](NS(=O)(=O)c1ccc2c(c1)oc(=O)n2C)C(=O)Nc1ccc(C(C)C)cc1. The normalized spacial score (nSPS) is 12.9. The van der Waals surface area contributed by atoms with Crippen molar-refractivity contribution in [3.05, 3.63) is 58.6 Å². The van der Waals surface area contributed by atoms with Crippen molar-refractivity contribution >= 4 is 44.5 Å². The molecule has 10 heteroatoms. The van der Waals surface area contributed by atoms with E-state index in [4.69, 9.17) is 4.42 Å². The Balaban J connectivity index is 1.81. The van der Waals surface area contributed by atoms with Crippen LogP contribution in [0.1, 0.15) is 31.7 Å². The van der Waals surface area contributed by atoms with Crippen LogP contribution in [0.5, 0.6) is 0 Å². The largest absolute Gasteiger partial charge is 0.419 e. The van der Waals surface area contributed by atoms with Gasteiger partial charge in [-0.15, -0.1) is 0 Å². The zero-order valence-electron chi connectivity index (χ0n) is 18.4. The molecule has 2 aromatic carbocycles. The van der Waals surface area contributed by atoms with Crippen LogP contribution >= 0.6 is 11.8 Å². The maximum atomic E-state index is 13.0. The summed E-state index contributed by atoms with van der Waals surface area (Å²) in [6.07, 6.45) is 2.21. The van der Waals surface area contributed by atoms with Gasteiger partial charge in [0.25, 0.3) is 0 Å². The monoisotopic (exact) mass is 477 g/mol. The van der Waals surface area contributed by atoms with Gasteiger partial charge in [-0.3, -0.25) is 9.36 Å². The summed E-state index contributed by atoms with van der Waals surface area (Å²) in [4.78, 5) is 24.5. The van der Waals surface area contributed by atoms with Crippen molar-refractivity contribution in [1.82, 2.24) is 9.29 Å². The second kappa shape index (κ2) is 9.93. The Bertz CT molecular complexity index is 1260. The molecule has 0 fully saturated rings. The Morgan fingerprint density at radius 2 is 1.84 bits per heavy atom. The Morgan fingerprint density at radius 3 is 2.47 bits per heavy atom. The van der Waals surface area contributed by atoms with Gasteiger partial charge < -0.3 is 9.73 Å². The predicted octanol–water partition coefficient (Wildman–Crippen LogP) is 3.29. The van der Waals surface area contributed by atoms with Crippen molar-refractivity contribution in [3.63, 3.8) is 0 Å². The summed E-state index contributed by atoms with van der Waals surface area (Å²) in [5.41, 5.74) is 2.39. The highest BCUT2D eigenvalue weighted by Crippen LogP contribution is 2.20. The molecule has 32 heavy (non-hydrogen) atoms. The van der Waals surface area contributed by atoms with Crippen LogP contribution < -0.4 is 15.8 Å². The molecule has 0 aliphatic heterocycles. The zero-order chi connectivity index (χ0) is 23.5. The average Bonchev–Trinajstić information content (AvgIpc) is 3.04. The maximum absolute atomic E-state index is 13.0. The number of carbonyl (C=O) groups is 1. The average molecular weight is 478 g/mol. The number of thioether (sulfide) groups is 1. The summed E-state index contributed by atoms with van der Waals surface area (Å²) >= 11 is 1.52. The van der Waals surface area contributed by atoms with Crippen molar-refractivity contribution in [3.8, 4) is 0 Å². The highest BCUT2D eigenvalue weighted by Gasteiger charge is 2.26. The molecule has 1 atom stereocenters. The first-order valence-electron chi connectivity index (χ1n) is 10.1. The lowest BCUT2D eigenvalue weighted by molar-refractivity contribution is -0.117. The van der Waals surface area contributed by atoms with E-state index in [9.17, 15) is 18.0 Å². The minimum atomic E-state index is -4.03. The number of rotatable bonds is 9. The minimum Gasteiger partial charge on any atom is -0.408 e. The number of fused-ring (bicyclic) bond motifs is 1. The van der Waals surface area contributed by atoms with E-state index in [-0.39, 0.29) is 10.5 Å². The van der Waals surface area contributed by atoms with E-state index in [1.165, 1.54) is 41.6 Å². The first-order chi connectivity index (χ1) is 15.1. The van der Waals surface area contributed by atoms with Gasteiger partial charge in [-0.2, -0.15) is 16.5 Å². The quantitative estimate of drug-likeness (QED) is 0.489. The van der Waals surface area contributed by atoms with Crippen molar-refractivity contribution in [2.45, 2.75) is 37.1 Å². The number of aromatic nitrogens is 1. The molecular formula is C22H27N3O5S2. The first kappa shape index (κ1) is 24.1. The van der Waals surface area contributed by atoms with Gasteiger partial charge in [-0.25, -0.2) is 13.2 Å². The number of carbonyl (C=O) groups excluding carboxylic acids is 1. The summed E-state index contributed by atoms with van der Waals surface area (Å²) in [5.74, 6) is -0.0535. The third-order valence-electron chi connectivity index (χ3n) is 5.14. The molecule has 0 aliphatic carbocycles. The summed E-state index contributed by atoms with van der Waals surface area (Å²) in [6, 6.07) is 10.7. The molecule has 0 unspecified atom stereocenters. The molecule has 1 aromatic heterocycles. The van der Waals surface area contributed by atoms with E-state index < -0.39 is 27.7 Å². The van der Waals surface area contributed by atoms with Crippen molar-refractivity contribution in [1.29, 1.82) is 0 Å². The summed E-state index contributed by atoms with van der Waals surface area (Å²) in [6.45, 7) is 4.16. The molecule has 0 radical (unpaired) electrons. The number of sulfonamides is 1. The molecule has 1 heterocycles. The number of nitrogens with zero attached hydrogens (tertiary/aromatic N) is 1. The lowest BCUT2D eigenvalue weighted by Gasteiger charge is -2.18. The Kier molecular flexibility index (Phi) is 7.47. The van der Waals surface area contributed by atoms with Gasteiger partial charge >= 0.3 is 5.76 Å². The fourth-order valence-corrected chi connectivity index (χ4v) is 4.91. The molecule has 3 aromatic rings. The van der Waals surface area contributed by atoms with Gasteiger partial charge in [0.2, 0.25) is 15.9 Å². The van der Waals surface area contributed by atoms with Crippen molar-refractivity contribution in [2.24, 2.45) is 7.05 Å². The van der Waals surface area contributed by atoms with Gasteiger partial charge in [0.05, 0.1) is 10.4 Å². The van der Waals surface area contributed by atoms with E-state index >= 15 is 0 Å². The fraction of sp³-hybridized carbons (Fsp3) is 0.364. The standard InChI is InChI=1S/C22H27N3O5S2/c1-14(2)15-5-7-16(8-6-15)23-21(26)18(11-12-31-4)24-32(28,29)17-9-10-19-20(13-17)30-22(27)25(19)3/h5-10,13-14,18,24H,11-12H2,1-4H3,(H,23,26)/t18-/m0/s1. The van der Waals surface area contributed by atoms with E-state index in [1.807, 2.05) is 18.4 Å². The molecule has 8 nitrogen and oxygen atoms in total. The number of nitrogens with one attached hydrogen (secondary N) is 2. The van der Waals surface area contributed by atoms with Crippen LogP contribution in [0.4, 0.5) is 5.69 Å². The van der Waals surface area contributed by atoms with Crippen LogP contribution in [0, 0.1) is 0 Å². The number of benzene rings is 2. The van der Waals surface area contributed by atoms with Crippen LogP contribution in [-0.2, 0) is 21.9 Å². The Hall–Kier alpha value is -2.56. The maximum Gasteiger partial charge on any atom is 0.419 e. The molecule has 0 spiro atoms. The Morgan fingerprint density at radius 1 is 1.16 bits per heavy atom. The van der Waals surface area contributed by atoms with Crippen LogP contribution in [-0.4, -0.2) is 36.9 Å². The summed E-state index contributed by atoms with van der Waals surface area (Å²) in [5, 5.41) is 2.79. The zero-order valence-corrected chi connectivity index (χ0v) is 20.0. The second-order valence-corrected chi connectivity index (χ2v) is 10.5. The third kappa shape index (κ3) is 5.43. The highest BCUT2D eigenvalue weighted by molar-refractivity contribution is 7.98. The molecular weight excluding hydrogens is 450 g/mol. The van der Waals surface area contributed by atoms with E-state index in [0.717, 1.165) is 5.56 Å². The molecule has 0 saturated carbocycles. The number of aryl methyl sites for hydroxylation is 1. The smallest absolute Gasteiger partial charge is 0.408 e. The van der Waals surface area contributed by atoms with Crippen LogP contribution in [0.2, 0.25) is 0 Å². The predicted molar refractivity (Wildman–Crippen MR) is 128 cm³/mol. The van der Waals surface area contributed by atoms with E-state index in [2.05, 4.69) is 23.9 Å². The lowest BCUT2D eigenvalue weighted by Crippen LogP contribution is -2.44. The highest BCUT2D eigenvalue weighted by atomic mass is 32.2. The Labute approximate surface area is 191 Å². The van der Waals surface area contributed by atoms with Gasteiger partial charge in [0.1, 0.15) is 6.04 Å². The number of hydrogen-bond donors (Lipinski definition) is 2. The number of amides is 1. The van der Waals surface area contributed by atoms with Crippen molar-refractivity contribution in [2.75, 3.05) is 17.3 Å². The molecule has 2 N–H and O–H groups in total. The molecule has 0 saturated heterocycles. The number of oxazole rings is 1. The number of anilines is 1. The van der Waals surface area contributed by atoms with Crippen LogP contribution in [0.25, 0.3) is 11.1 Å². The topological polar surface area (TPSA) is 110 Å². The van der Waals surface area contributed by atoms with Gasteiger partial charge in [0, 0.05) is 18.8 Å². The van der Waals surface area contributed by atoms with Gasteiger partial charge in [-0.1, -0.05) is 26.0 Å². The van der Waals surface area contributed by atoms with E-state index in [0.29, 0.717) is 29.3 Å². The summed E-state index contributed by atoms with van der Waals surface area (Å²) in [7, 11) is -2.49. The second-order valence-electron chi connectivity index (χ2n) is 7.78. The molecule has 0 aliphatic rings. The fourth-order valence-electron chi connectivity index (χ4n) is 3.20.